The van der Waals surface area contributed by atoms with Gasteiger partial charge in [0.2, 0.25) is 11.1 Å². The highest BCUT2D eigenvalue weighted by Crippen LogP contribution is 2.23. The number of aromatic nitrogens is 4. The molecule has 140 valence electrons. The van der Waals surface area contributed by atoms with Crippen molar-refractivity contribution < 1.29 is 4.79 Å². The Hall–Kier alpha value is -2.44. The maximum Gasteiger partial charge on any atom is 0.253 e. The molecule has 3 aromatic rings. The molecule has 1 amide bonds. The van der Waals surface area contributed by atoms with Crippen LogP contribution < -0.4 is 5.32 Å². The van der Waals surface area contributed by atoms with Gasteiger partial charge >= 0.3 is 0 Å². The number of nitrogens with one attached hydrogen (secondary N) is 1. The monoisotopic (exact) mass is 400 g/mol. The van der Waals surface area contributed by atoms with Gasteiger partial charge in [-0.05, 0) is 43.7 Å². The van der Waals surface area contributed by atoms with Crippen molar-refractivity contribution in [2.75, 3.05) is 11.1 Å². The third-order valence-corrected chi connectivity index (χ3v) is 5.85. The minimum Gasteiger partial charge on any atom is -0.316 e. The molecule has 0 aromatic carbocycles. The summed E-state index contributed by atoms with van der Waals surface area (Å²) in [4.78, 5) is 21.1. The van der Waals surface area contributed by atoms with Crippen LogP contribution in [0.4, 0.5) is 5.00 Å². The fourth-order valence-electron chi connectivity index (χ4n) is 2.75. The molecule has 0 atom stereocenters. The van der Waals surface area contributed by atoms with Crippen LogP contribution in [0.3, 0.4) is 0 Å². The van der Waals surface area contributed by atoms with E-state index in [1.165, 1.54) is 28.7 Å². The average molecular weight is 401 g/mol. The Morgan fingerprint density at radius 3 is 2.96 bits per heavy atom. The van der Waals surface area contributed by atoms with E-state index in [9.17, 15) is 4.79 Å². The molecule has 3 rings (SSSR count). The van der Waals surface area contributed by atoms with Gasteiger partial charge in [0.1, 0.15) is 11.1 Å². The van der Waals surface area contributed by atoms with Crippen molar-refractivity contribution in [3.05, 3.63) is 34.0 Å². The third-order valence-electron chi connectivity index (χ3n) is 4.18. The van der Waals surface area contributed by atoms with E-state index in [0.717, 1.165) is 30.7 Å². The fraction of sp³-hybridized carbons (Fsp3) is 0.389. The normalized spacial score (nSPS) is 10.9. The van der Waals surface area contributed by atoms with Gasteiger partial charge in [-0.1, -0.05) is 25.1 Å². The largest absolute Gasteiger partial charge is 0.316 e. The van der Waals surface area contributed by atoms with Gasteiger partial charge in [0, 0.05) is 11.4 Å². The second-order valence-corrected chi connectivity index (χ2v) is 7.94. The summed E-state index contributed by atoms with van der Waals surface area (Å²) in [6.07, 6.45) is 3.21. The van der Waals surface area contributed by atoms with Crippen molar-refractivity contribution in [2.45, 2.75) is 45.2 Å². The van der Waals surface area contributed by atoms with Crippen LogP contribution in [0.1, 0.15) is 42.3 Å². The second kappa shape index (κ2) is 8.50. The second-order valence-electron chi connectivity index (χ2n) is 6.08. The summed E-state index contributed by atoms with van der Waals surface area (Å²) in [5.74, 6) is 0.529. The number of carbonyl (C=O) groups is 1. The molecule has 0 aliphatic carbocycles. The lowest BCUT2D eigenvalue weighted by Gasteiger charge is -2.09. The van der Waals surface area contributed by atoms with Crippen molar-refractivity contribution >= 4 is 39.8 Å². The Balaban J connectivity index is 1.71. The number of unbranched alkanes of at least 4 members (excludes halogenated alkanes) is 1. The minimum absolute atomic E-state index is 0.167. The highest BCUT2D eigenvalue weighted by molar-refractivity contribution is 7.99. The molecule has 0 fully saturated rings. The van der Waals surface area contributed by atoms with E-state index in [-0.39, 0.29) is 11.7 Å². The van der Waals surface area contributed by atoms with E-state index in [4.69, 9.17) is 5.26 Å². The van der Waals surface area contributed by atoms with Crippen molar-refractivity contribution in [2.24, 2.45) is 0 Å². The summed E-state index contributed by atoms with van der Waals surface area (Å²) < 4.78 is 1.76. The quantitative estimate of drug-likeness (QED) is 0.607. The zero-order chi connectivity index (χ0) is 19.4. The molecule has 27 heavy (non-hydrogen) atoms. The Bertz CT molecular complexity index is 1020. The molecule has 0 aliphatic rings. The van der Waals surface area contributed by atoms with Gasteiger partial charge in [-0.15, -0.1) is 16.4 Å². The first-order chi connectivity index (χ1) is 13.0. The number of aryl methyl sites for hydroxylation is 2. The number of hydrogen-bond donors (Lipinski definition) is 1. The zero-order valence-electron chi connectivity index (χ0n) is 15.4. The predicted molar refractivity (Wildman–Crippen MR) is 107 cm³/mol. The molecule has 0 unspecified atom stereocenters. The molecule has 0 aliphatic heterocycles. The minimum atomic E-state index is -0.192. The van der Waals surface area contributed by atoms with E-state index in [1.54, 1.807) is 16.0 Å². The summed E-state index contributed by atoms with van der Waals surface area (Å²) in [6.45, 7) is 6.20. The van der Waals surface area contributed by atoms with Crippen LogP contribution in [-0.4, -0.2) is 31.2 Å². The van der Waals surface area contributed by atoms with Gasteiger partial charge in [-0.2, -0.15) is 10.2 Å². The predicted octanol–water partition coefficient (Wildman–Crippen LogP) is 3.75. The van der Waals surface area contributed by atoms with Gasteiger partial charge in [0.15, 0.2) is 0 Å². The van der Waals surface area contributed by atoms with Gasteiger partial charge < -0.3 is 5.32 Å². The number of amides is 1. The molecule has 3 aromatic heterocycles. The number of thioether (sulfide) groups is 1. The highest BCUT2D eigenvalue weighted by Gasteiger charge is 2.15. The molecule has 0 spiro atoms. The van der Waals surface area contributed by atoms with Crippen LogP contribution in [0.15, 0.2) is 16.6 Å². The van der Waals surface area contributed by atoms with Gasteiger partial charge in [-0.3, -0.25) is 4.79 Å². The van der Waals surface area contributed by atoms with Crippen LogP contribution >= 0.6 is 23.1 Å². The highest BCUT2D eigenvalue weighted by atomic mass is 32.2. The molecule has 1 N–H and O–H groups in total. The number of anilines is 1. The van der Waals surface area contributed by atoms with Crippen molar-refractivity contribution in [3.8, 4) is 6.07 Å². The van der Waals surface area contributed by atoms with E-state index in [2.05, 4.69) is 33.4 Å². The van der Waals surface area contributed by atoms with E-state index < -0.39 is 0 Å². The first kappa shape index (κ1) is 19.3. The molecule has 3 heterocycles. The Labute approximate surface area is 165 Å². The molecule has 0 radical (unpaired) electrons. The topological polar surface area (TPSA) is 96.0 Å². The van der Waals surface area contributed by atoms with Gasteiger partial charge in [0.05, 0.1) is 11.3 Å². The van der Waals surface area contributed by atoms with Gasteiger partial charge in [0.25, 0.3) is 5.78 Å². The lowest BCUT2D eigenvalue weighted by molar-refractivity contribution is -0.113. The van der Waals surface area contributed by atoms with E-state index in [0.29, 0.717) is 21.5 Å². The van der Waals surface area contributed by atoms with Crippen molar-refractivity contribution in [1.29, 1.82) is 5.26 Å². The number of nitrogens with zero attached hydrogens (tertiary/aromatic N) is 5. The van der Waals surface area contributed by atoms with Gasteiger partial charge in [-0.25, -0.2) is 9.50 Å². The van der Waals surface area contributed by atoms with Crippen LogP contribution in [0.2, 0.25) is 0 Å². The molecule has 9 heteroatoms. The van der Waals surface area contributed by atoms with Crippen LogP contribution in [0.5, 0.6) is 0 Å². The SMILES string of the molecule is CCCCc1c(C)nc2nc(SCC(=O)Nc3sccc3C#N)nn2c1C. The molecular weight excluding hydrogens is 380 g/mol. The Kier molecular flexibility index (Phi) is 6.08. The van der Waals surface area contributed by atoms with E-state index >= 15 is 0 Å². The number of hydrogen-bond acceptors (Lipinski definition) is 7. The fourth-order valence-corrected chi connectivity index (χ4v) is 4.12. The van der Waals surface area contributed by atoms with Crippen molar-refractivity contribution in [1.82, 2.24) is 19.6 Å². The maximum absolute atomic E-state index is 12.1. The summed E-state index contributed by atoms with van der Waals surface area (Å²) in [6, 6.07) is 3.74. The van der Waals surface area contributed by atoms with Crippen LogP contribution in [0, 0.1) is 25.2 Å². The van der Waals surface area contributed by atoms with E-state index in [1.807, 2.05) is 13.8 Å². The van der Waals surface area contributed by atoms with Crippen LogP contribution in [0.25, 0.3) is 5.78 Å². The first-order valence-corrected chi connectivity index (χ1v) is 10.5. The first-order valence-electron chi connectivity index (χ1n) is 8.66. The Morgan fingerprint density at radius 2 is 2.22 bits per heavy atom. The molecular formula is C18H20N6OS2. The molecule has 0 bridgehead atoms. The van der Waals surface area contributed by atoms with Crippen LogP contribution in [-0.2, 0) is 11.2 Å². The summed E-state index contributed by atoms with van der Waals surface area (Å²) in [7, 11) is 0. The zero-order valence-corrected chi connectivity index (χ0v) is 17.1. The molecule has 0 saturated heterocycles. The van der Waals surface area contributed by atoms with Crippen molar-refractivity contribution in [3.63, 3.8) is 0 Å². The number of thiophene rings is 1. The third kappa shape index (κ3) is 4.28. The number of fused-ring (bicyclic) bond motifs is 1. The summed E-state index contributed by atoms with van der Waals surface area (Å²) in [5, 5.41) is 19.1. The number of rotatable bonds is 7. The summed E-state index contributed by atoms with van der Waals surface area (Å²) in [5.41, 5.74) is 3.72. The summed E-state index contributed by atoms with van der Waals surface area (Å²) >= 11 is 2.58. The smallest absolute Gasteiger partial charge is 0.253 e. The maximum atomic E-state index is 12.1. The lowest BCUT2D eigenvalue weighted by atomic mass is 10.1. The number of nitriles is 1. The molecule has 0 saturated carbocycles. The standard InChI is InChI=1S/C18H20N6OS2/c1-4-5-6-14-11(2)20-17-22-18(23-24(17)12(14)3)27-10-15(25)21-16-13(9-19)7-8-26-16/h7-8H,4-6,10H2,1-3H3,(H,21,25). The average Bonchev–Trinajstić information content (AvgIpc) is 3.26. The molecule has 7 nitrogen and oxygen atoms in total. The lowest BCUT2D eigenvalue weighted by Crippen LogP contribution is -2.13. The number of carbonyl (C=O) groups excluding carboxylic acids is 1. The Morgan fingerprint density at radius 1 is 1.41 bits per heavy atom.